The average Bonchev–Trinajstić information content (AvgIpc) is 3.50. The van der Waals surface area contributed by atoms with Gasteiger partial charge in [-0.1, -0.05) is 35.9 Å². The monoisotopic (exact) mass is 352 g/mol. The van der Waals surface area contributed by atoms with Gasteiger partial charge < -0.3 is 10.2 Å². The lowest BCUT2D eigenvalue weighted by Crippen LogP contribution is -2.47. The van der Waals surface area contributed by atoms with Crippen LogP contribution in [0.3, 0.4) is 0 Å². The van der Waals surface area contributed by atoms with E-state index in [0.29, 0.717) is 25.9 Å². The Bertz CT molecular complexity index is 733. The van der Waals surface area contributed by atoms with Crippen molar-refractivity contribution in [1.29, 1.82) is 0 Å². The minimum Gasteiger partial charge on any atom is -0.355 e. The Hall–Kier alpha value is -2.10. The van der Waals surface area contributed by atoms with Crippen LogP contribution in [0.1, 0.15) is 56.1 Å². The van der Waals surface area contributed by atoms with E-state index in [4.69, 9.17) is 0 Å². The van der Waals surface area contributed by atoms with Gasteiger partial charge in [-0.15, -0.1) is 0 Å². The van der Waals surface area contributed by atoms with Gasteiger partial charge in [0.05, 0.1) is 0 Å². The Labute approximate surface area is 155 Å². The Morgan fingerprint density at radius 1 is 1.08 bits per heavy atom. The van der Waals surface area contributed by atoms with Crippen LogP contribution in [-0.4, -0.2) is 29.8 Å². The lowest BCUT2D eigenvalue weighted by molar-refractivity contribution is -0.145. The molecule has 1 heterocycles. The van der Waals surface area contributed by atoms with Gasteiger partial charge in [-0.2, -0.15) is 0 Å². The van der Waals surface area contributed by atoms with Crippen molar-refractivity contribution in [3.8, 4) is 0 Å². The molecule has 1 aliphatic heterocycles. The maximum absolute atomic E-state index is 13.1. The molecule has 1 N–H and O–H groups in total. The van der Waals surface area contributed by atoms with E-state index in [1.54, 1.807) is 0 Å². The summed E-state index contributed by atoms with van der Waals surface area (Å²) in [4.78, 5) is 27.7. The third-order valence-corrected chi connectivity index (χ3v) is 6.13. The largest absolute Gasteiger partial charge is 0.355 e. The van der Waals surface area contributed by atoms with E-state index in [1.165, 1.54) is 36.0 Å². The van der Waals surface area contributed by atoms with E-state index in [1.807, 2.05) is 17.0 Å². The topological polar surface area (TPSA) is 49.4 Å². The van der Waals surface area contributed by atoms with Crippen LogP contribution in [0.4, 0.5) is 0 Å². The van der Waals surface area contributed by atoms with E-state index in [2.05, 4.69) is 23.5 Å². The number of fused-ring (bicyclic) bond motifs is 1. The Morgan fingerprint density at radius 3 is 2.62 bits per heavy atom. The quantitative estimate of drug-likeness (QED) is 0.652. The van der Waals surface area contributed by atoms with Crippen LogP contribution in [0.15, 0.2) is 35.9 Å². The molecule has 1 saturated carbocycles. The van der Waals surface area contributed by atoms with Gasteiger partial charge >= 0.3 is 0 Å². The highest BCUT2D eigenvalue weighted by atomic mass is 16.2. The van der Waals surface area contributed by atoms with Gasteiger partial charge in [0.25, 0.3) is 0 Å². The number of carbonyl (C=O) groups excluding carboxylic acids is 2. The minimum absolute atomic E-state index is 0.0291. The standard InChI is InChI=1S/C22H28N2O2/c25-20(23-14-10-17-6-2-1-3-7-17)22(12-13-22)21(26)24-15-11-18-8-4-5-9-19(18)16-24/h4-6,8-9H,1-3,7,10-16H2,(H,23,25). The molecule has 4 rings (SSSR count). The fraction of sp³-hybridized carbons (Fsp3) is 0.545. The average molecular weight is 352 g/mol. The van der Waals surface area contributed by atoms with Crippen molar-refractivity contribution in [2.24, 2.45) is 5.41 Å². The Balaban J connectivity index is 1.34. The molecule has 0 aromatic heterocycles. The lowest BCUT2D eigenvalue weighted by Gasteiger charge is -2.31. The predicted molar refractivity (Wildman–Crippen MR) is 101 cm³/mol. The van der Waals surface area contributed by atoms with Crippen LogP contribution in [-0.2, 0) is 22.6 Å². The first-order valence-corrected chi connectivity index (χ1v) is 10.0. The maximum Gasteiger partial charge on any atom is 0.238 e. The van der Waals surface area contributed by atoms with E-state index >= 15 is 0 Å². The second-order valence-corrected chi connectivity index (χ2v) is 7.94. The summed E-state index contributed by atoms with van der Waals surface area (Å²) in [6.07, 6.45) is 10.4. The summed E-state index contributed by atoms with van der Waals surface area (Å²) in [6.45, 7) is 2.01. The summed E-state index contributed by atoms with van der Waals surface area (Å²) in [5.41, 5.74) is 3.22. The molecular weight excluding hydrogens is 324 g/mol. The molecule has 0 saturated heterocycles. The van der Waals surface area contributed by atoms with Crippen molar-refractivity contribution in [3.63, 3.8) is 0 Å². The third kappa shape index (κ3) is 3.42. The summed E-state index contributed by atoms with van der Waals surface area (Å²) >= 11 is 0. The number of hydrogen-bond acceptors (Lipinski definition) is 2. The molecule has 1 aromatic carbocycles. The van der Waals surface area contributed by atoms with Gasteiger partial charge in [0.2, 0.25) is 11.8 Å². The second kappa shape index (κ2) is 7.26. The fourth-order valence-corrected chi connectivity index (χ4v) is 4.27. The third-order valence-electron chi connectivity index (χ3n) is 6.13. The van der Waals surface area contributed by atoms with Crippen LogP contribution >= 0.6 is 0 Å². The van der Waals surface area contributed by atoms with E-state index < -0.39 is 5.41 Å². The number of amides is 2. The molecule has 2 aliphatic carbocycles. The zero-order valence-corrected chi connectivity index (χ0v) is 15.4. The first-order chi connectivity index (χ1) is 12.7. The molecule has 0 bridgehead atoms. The number of carbonyl (C=O) groups is 2. The maximum atomic E-state index is 13.1. The molecule has 4 nitrogen and oxygen atoms in total. The molecular formula is C22H28N2O2. The smallest absolute Gasteiger partial charge is 0.238 e. The number of allylic oxidation sites excluding steroid dienone is 1. The van der Waals surface area contributed by atoms with Gasteiger partial charge in [0.1, 0.15) is 5.41 Å². The Morgan fingerprint density at radius 2 is 1.88 bits per heavy atom. The molecule has 3 aliphatic rings. The van der Waals surface area contributed by atoms with Crippen molar-refractivity contribution < 1.29 is 9.59 Å². The lowest BCUT2D eigenvalue weighted by atomic mass is 9.96. The molecule has 0 spiro atoms. The molecule has 1 fully saturated rings. The second-order valence-electron chi connectivity index (χ2n) is 7.94. The number of nitrogens with one attached hydrogen (secondary N) is 1. The van der Waals surface area contributed by atoms with Crippen molar-refractivity contribution in [2.75, 3.05) is 13.1 Å². The van der Waals surface area contributed by atoms with Crippen molar-refractivity contribution >= 4 is 11.8 Å². The highest BCUT2D eigenvalue weighted by Gasteiger charge is 2.58. The van der Waals surface area contributed by atoms with Crippen LogP contribution in [0.5, 0.6) is 0 Å². The zero-order chi connectivity index (χ0) is 18.0. The van der Waals surface area contributed by atoms with Crippen LogP contribution in [0.25, 0.3) is 0 Å². The van der Waals surface area contributed by atoms with Gasteiger partial charge in [-0.3, -0.25) is 9.59 Å². The summed E-state index contributed by atoms with van der Waals surface area (Å²) in [7, 11) is 0. The number of rotatable bonds is 5. The zero-order valence-electron chi connectivity index (χ0n) is 15.4. The normalized spacial score (nSPS) is 20.8. The molecule has 0 radical (unpaired) electrons. The number of hydrogen-bond donors (Lipinski definition) is 1. The van der Waals surface area contributed by atoms with Gasteiger partial charge in [-0.05, 0) is 62.5 Å². The summed E-state index contributed by atoms with van der Waals surface area (Å²) in [5, 5.41) is 3.04. The van der Waals surface area contributed by atoms with Gasteiger partial charge in [0, 0.05) is 19.6 Å². The minimum atomic E-state index is -0.784. The van der Waals surface area contributed by atoms with E-state index in [9.17, 15) is 9.59 Å². The van der Waals surface area contributed by atoms with Crippen molar-refractivity contribution in [3.05, 3.63) is 47.0 Å². The highest BCUT2D eigenvalue weighted by molar-refractivity contribution is 6.07. The highest BCUT2D eigenvalue weighted by Crippen LogP contribution is 2.48. The Kier molecular flexibility index (Phi) is 4.84. The van der Waals surface area contributed by atoms with Crippen LogP contribution < -0.4 is 5.32 Å². The molecule has 1 aromatic rings. The predicted octanol–water partition coefficient (Wildman–Crippen LogP) is 3.36. The first-order valence-electron chi connectivity index (χ1n) is 10.0. The molecule has 2 amide bonds. The van der Waals surface area contributed by atoms with Gasteiger partial charge in [0.15, 0.2) is 0 Å². The molecule has 0 unspecified atom stereocenters. The van der Waals surface area contributed by atoms with E-state index in [-0.39, 0.29) is 11.8 Å². The number of nitrogens with zero attached hydrogens (tertiary/aromatic N) is 1. The molecule has 138 valence electrons. The molecule has 0 atom stereocenters. The molecule has 4 heteroatoms. The summed E-state index contributed by atoms with van der Waals surface area (Å²) < 4.78 is 0. The summed E-state index contributed by atoms with van der Waals surface area (Å²) in [5.74, 6) is -0.0286. The first kappa shape index (κ1) is 17.3. The van der Waals surface area contributed by atoms with Gasteiger partial charge in [-0.25, -0.2) is 0 Å². The SMILES string of the molecule is O=C(NCCC1=CCCCC1)C1(C(=O)N2CCc3ccccc3C2)CC1. The number of benzene rings is 1. The van der Waals surface area contributed by atoms with Crippen molar-refractivity contribution in [1.82, 2.24) is 10.2 Å². The summed E-state index contributed by atoms with van der Waals surface area (Å²) in [6, 6.07) is 8.29. The fourth-order valence-electron chi connectivity index (χ4n) is 4.27. The van der Waals surface area contributed by atoms with Crippen molar-refractivity contribution in [2.45, 2.75) is 57.9 Å². The van der Waals surface area contributed by atoms with E-state index in [0.717, 1.165) is 25.8 Å². The van der Waals surface area contributed by atoms with Crippen LogP contribution in [0.2, 0.25) is 0 Å². The van der Waals surface area contributed by atoms with Crippen LogP contribution in [0, 0.1) is 5.41 Å². The molecule has 26 heavy (non-hydrogen) atoms.